The minimum absolute atomic E-state index is 0.0295. The fourth-order valence-corrected chi connectivity index (χ4v) is 3.40. The zero-order valence-corrected chi connectivity index (χ0v) is 14.1. The smallest absolute Gasteiger partial charge is 0.233 e. The van der Waals surface area contributed by atoms with Crippen molar-refractivity contribution in [2.75, 3.05) is 43.0 Å². The third kappa shape index (κ3) is 3.44. The number of piperazine rings is 1. The third-order valence-electron chi connectivity index (χ3n) is 4.76. The molecule has 2 aliphatic rings. The first-order valence-corrected chi connectivity index (χ1v) is 8.75. The summed E-state index contributed by atoms with van der Waals surface area (Å²) >= 11 is 0. The van der Waals surface area contributed by atoms with Crippen molar-refractivity contribution >= 4 is 17.4 Å². The Labute approximate surface area is 147 Å². The molecule has 1 amide bonds. The topological polar surface area (TPSA) is 66.5 Å². The van der Waals surface area contributed by atoms with E-state index in [1.807, 2.05) is 42.6 Å². The maximum Gasteiger partial charge on any atom is 0.233 e. The van der Waals surface area contributed by atoms with Gasteiger partial charge in [0.1, 0.15) is 11.6 Å². The Balaban J connectivity index is 1.44. The second-order valence-electron chi connectivity index (χ2n) is 6.36. The average molecular weight is 338 g/mol. The molecule has 130 valence electrons. The summed E-state index contributed by atoms with van der Waals surface area (Å²) in [6.45, 7) is 4.49. The molecule has 2 N–H and O–H groups in total. The van der Waals surface area contributed by atoms with E-state index in [1.54, 1.807) is 0 Å². The number of para-hydroxylation sites is 1. The van der Waals surface area contributed by atoms with Gasteiger partial charge in [-0.15, -0.1) is 0 Å². The van der Waals surface area contributed by atoms with Crippen LogP contribution in [-0.4, -0.2) is 43.7 Å². The van der Waals surface area contributed by atoms with Gasteiger partial charge in [0.05, 0.1) is 24.4 Å². The first-order chi connectivity index (χ1) is 12.3. The summed E-state index contributed by atoms with van der Waals surface area (Å²) in [6, 6.07) is 11.6. The van der Waals surface area contributed by atoms with E-state index < -0.39 is 0 Å². The molecule has 1 fully saturated rings. The highest BCUT2D eigenvalue weighted by Crippen LogP contribution is 2.34. The Morgan fingerprint density at radius 2 is 2.04 bits per heavy atom. The molecule has 1 aromatic heterocycles. The van der Waals surface area contributed by atoms with E-state index in [1.165, 1.54) is 0 Å². The SMILES string of the molecule is O=C(Nc1ccc(N2CCNCC2)cn1)C1CCOc2ccccc21. The first kappa shape index (κ1) is 15.9. The quantitative estimate of drug-likeness (QED) is 0.896. The molecule has 4 rings (SSSR count). The Hall–Kier alpha value is -2.60. The lowest BCUT2D eigenvalue weighted by molar-refractivity contribution is -0.118. The third-order valence-corrected chi connectivity index (χ3v) is 4.76. The van der Waals surface area contributed by atoms with Crippen LogP contribution >= 0.6 is 0 Å². The van der Waals surface area contributed by atoms with Gasteiger partial charge in [0.25, 0.3) is 0 Å². The van der Waals surface area contributed by atoms with Crippen molar-refractivity contribution in [2.24, 2.45) is 0 Å². The molecule has 3 heterocycles. The number of rotatable bonds is 3. The van der Waals surface area contributed by atoms with Crippen LogP contribution < -0.4 is 20.3 Å². The number of aromatic nitrogens is 1. The van der Waals surface area contributed by atoms with E-state index in [9.17, 15) is 4.79 Å². The van der Waals surface area contributed by atoms with Crippen molar-refractivity contribution in [3.63, 3.8) is 0 Å². The molecule has 6 heteroatoms. The molecule has 0 spiro atoms. The average Bonchev–Trinajstić information content (AvgIpc) is 2.69. The van der Waals surface area contributed by atoms with Gasteiger partial charge in [-0.25, -0.2) is 4.98 Å². The number of benzene rings is 1. The van der Waals surface area contributed by atoms with Gasteiger partial charge >= 0.3 is 0 Å². The maximum absolute atomic E-state index is 12.7. The molecule has 0 bridgehead atoms. The maximum atomic E-state index is 12.7. The molecular formula is C19H22N4O2. The fourth-order valence-electron chi connectivity index (χ4n) is 3.40. The number of carbonyl (C=O) groups excluding carboxylic acids is 1. The van der Waals surface area contributed by atoms with E-state index in [0.29, 0.717) is 18.8 Å². The van der Waals surface area contributed by atoms with Gasteiger partial charge in [-0.05, 0) is 24.6 Å². The highest BCUT2D eigenvalue weighted by molar-refractivity contribution is 5.95. The second-order valence-corrected chi connectivity index (χ2v) is 6.36. The van der Waals surface area contributed by atoms with E-state index in [-0.39, 0.29) is 11.8 Å². The number of anilines is 2. The molecule has 1 unspecified atom stereocenters. The van der Waals surface area contributed by atoms with Gasteiger partial charge in [-0.1, -0.05) is 18.2 Å². The summed E-state index contributed by atoms with van der Waals surface area (Å²) < 4.78 is 5.63. The minimum Gasteiger partial charge on any atom is -0.493 e. The van der Waals surface area contributed by atoms with E-state index >= 15 is 0 Å². The van der Waals surface area contributed by atoms with Crippen molar-refractivity contribution in [1.29, 1.82) is 0 Å². The van der Waals surface area contributed by atoms with Gasteiger partial charge in [0, 0.05) is 31.7 Å². The van der Waals surface area contributed by atoms with Crippen LogP contribution in [0.2, 0.25) is 0 Å². The Kier molecular flexibility index (Phi) is 4.52. The van der Waals surface area contributed by atoms with E-state index in [0.717, 1.165) is 43.2 Å². The number of ether oxygens (including phenoxy) is 1. The lowest BCUT2D eigenvalue weighted by Crippen LogP contribution is -2.43. The lowest BCUT2D eigenvalue weighted by atomic mass is 9.92. The largest absolute Gasteiger partial charge is 0.493 e. The summed E-state index contributed by atoms with van der Waals surface area (Å²) in [5.41, 5.74) is 2.04. The predicted molar refractivity (Wildman–Crippen MR) is 97.2 cm³/mol. The molecule has 0 saturated carbocycles. The normalized spacial score (nSPS) is 19.7. The van der Waals surface area contributed by atoms with Crippen LogP contribution in [0.5, 0.6) is 5.75 Å². The molecule has 2 aliphatic heterocycles. The Bertz CT molecular complexity index is 741. The summed E-state index contributed by atoms with van der Waals surface area (Å²) in [5.74, 6) is 1.17. The van der Waals surface area contributed by atoms with Gasteiger partial charge < -0.3 is 20.3 Å². The molecule has 0 aliphatic carbocycles. The van der Waals surface area contributed by atoms with Gasteiger partial charge in [0.15, 0.2) is 0 Å². The van der Waals surface area contributed by atoms with Crippen molar-refractivity contribution in [3.05, 3.63) is 48.2 Å². The molecule has 0 radical (unpaired) electrons. The van der Waals surface area contributed by atoms with E-state index in [4.69, 9.17) is 4.74 Å². The molecule has 1 aromatic carbocycles. The lowest BCUT2D eigenvalue weighted by Gasteiger charge is -2.29. The molecule has 1 saturated heterocycles. The van der Waals surface area contributed by atoms with Crippen LogP contribution in [0.1, 0.15) is 17.9 Å². The summed E-state index contributed by atoms with van der Waals surface area (Å²) in [4.78, 5) is 19.4. The van der Waals surface area contributed by atoms with Gasteiger partial charge in [-0.3, -0.25) is 4.79 Å². The Morgan fingerprint density at radius 3 is 2.84 bits per heavy atom. The highest BCUT2D eigenvalue weighted by atomic mass is 16.5. The van der Waals surface area contributed by atoms with Crippen molar-refractivity contribution < 1.29 is 9.53 Å². The zero-order valence-electron chi connectivity index (χ0n) is 14.1. The van der Waals surface area contributed by atoms with Crippen LogP contribution in [0, 0.1) is 0 Å². The van der Waals surface area contributed by atoms with Gasteiger partial charge in [0.2, 0.25) is 5.91 Å². The fraction of sp³-hybridized carbons (Fsp3) is 0.368. The first-order valence-electron chi connectivity index (χ1n) is 8.75. The van der Waals surface area contributed by atoms with E-state index in [2.05, 4.69) is 20.5 Å². The van der Waals surface area contributed by atoms with Crippen LogP contribution in [-0.2, 0) is 4.79 Å². The number of hydrogen-bond acceptors (Lipinski definition) is 5. The van der Waals surface area contributed by atoms with Crippen LogP contribution in [0.4, 0.5) is 11.5 Å². The molecule has 6 nitrogen and oxygen atoms in total. The summed E-state index contributed by atoms with van der Waals surface area (Å²) in [6.07, 6.45) is 2.51. The molecular weight excluding hydrogens is 316 g/mol. The van der Waals surface area contributed by atoms with Crippen LogP contribution in [0.15, 0.2) is 42.6 Å². The van der Waals surface area contributed by atoms with Crippen LogP contribution in [0.3, 0.4) is 0 Å². The summed E-state index contributed by atoms with van der Waals surface area (Å²) in [5, 5.41) is 6.28. The number of hydrogen-bond donors (Lipinski definition) is 2. The number of nitrogens with one attached hydrogen (secondary N) is 2. The van der Waals surface area contributed by atoms with Crippen molar-refractivity contribution in [1.82, 2.24) is 10.3 Å². The monoisotopic (exact) mass is 338 g/mol. The van der Waals surface area contributed by atoms with Gasteiger partial charge in [-0.2, -0.15) is 0 Å². The minimum atomic E-state index is -0.195. The number of pyridine rings is 1. The van der Waals surface area contributed by atoms with Crippen molar-refractivity contribution in [2.45, 2.75) is 12.3 Å². The Morgan fingerprint density at radius 1 is 1.20 bits per heavy atom. The standard InChI is InChI=1S/C19H22N4O2/c24-19(16-7-12-25-17-4-2-1-3-15(16)17)22-18-6-5-14(13-21-18)23-10-8-20-9-11-23/h1-6,13,16,20H,7-12H2,(H,21,22,24). The zero-order chi connectivity index (χ0) is 17.1. The predicted octanol–water partition coefficient (Wildman–Crippen LogP) is 2.00. The number of carbonyl (C=O) groups is 1. The molecule has 25 heavy (non-hydrogen) atoms. The number of fused-ring (bicyclic) bond motifs is 1. The number of amides is 1. The summed E-state index contributed by atoms with van der Waals surface area (Å²) in [7, 11) is 0. The van der Waals surface area contributed by atoms with Crippen molar-refractivity contribution in [3.8, 4) is 5.75 Å². The second kappa shape index (κ2) is 7.11. The highest BCUT2D eigenvalue weighted by Gasteiger charge is 2.27. The van der Waals surface area contributed by atoms with Crippen LogP contribution in [0.25, 0.3) is 0 Å². The molecule has 2 aromatic rings. The number of nitrogens with zero attached hydrogens (tertiary/aromatic N) is 2. The molecule has 1 atom stereocenters.